The molecule has 0 bridgehead atoms. The molecule has 0 saturated heterocycles. The first-order chi connectivity index (χ1) is 11.1. The number of aryl methyl sites for hydroxylation is 1. The Hall–Kier alpha value is -2.53. The second-order valence-electron chi connectivity index (χ2n) is 5.43. The third kappa shape index (κ3) is 3.00. The normalized spacial score (nSPS) is 16.9. The van der Waals surface area contributed by atoms with Crippen molar-refractivity contribution >= 4 is 35.6 Å². The van der Waals surface area contributed by atoms with Gasteiger partial charge in [0.2, 0.25) is 0 Å². The van der Waals surface area contributed by atoms with Gasteiger partial charge in [0.1, 0.15) is 6.34 Å². The predicted octanol–water partition coefficient (Wildman–Crippen LogP) is 3.02. The second kappa shape index (κ2) is 6.30. The Balaban J connectivity index is 1.82. The van der Waals surface area contributed by atoms with E-state index in [1.165, 1.54) is 0 Å². The highest BCUT2D eigenvalue weighted by atomic mass is 35.5. The fourth-order valence-corrected chi connectivity index (χ4v) is 2.79. The average Bonchev–Trinajstić information content (AvgIpc) is 2.94. The van der Waals surface area contributed by atoms with E-state index in [4.69, 9.17) is 17.3 Å². The summed E-state index contributed by atoms with van der Waals surface area (Å²) in [6.45, 7) is 2.47. The lowest BCUT2D eigenvalue weighted by molar-refractivity contribution is -0.111. The lowest BCUT2D eigenvalue weighted by Gasteiger charge is -2.26. The minimum absolute atomic E-state index is 0.516. The molecule has 2 aromatic carbocycles. The van der Waals surface area contributed by atoms with E-state index in [0.29, 0.717) is 11.6 Å². The van der Waals surface area contributed by atoms with Crippen molar-refractivity contribution in [3.8, 4) is 0 Å². The van der Waals surface area contributed by atoms with Crippen LogP contribution in [0.1, 0.15) is 11.1 Å². The molecular weight excluding hydrogens is 312 g/mol. The van der Waals surface area contributed by atoms with Crippen molar-refractivity contribution in [1.82, 2.24) is 5.01 Å². The van der Waals surface area contributed by atoms with E-state index >= 15 is 0 Å². The van der Waals surface area contributed by atoms with Gasteiger partial charge in [-0.15, -0.1) is 0 Å². The van der Waals surface area contributed by atoms with Crippen LogP contribution in [0.15, 0.2) is 47.6 Å². The van der Waals surface area contributed by atoms with E-state index in [0.717, 1.165) is 28.8 Å². The summed E-state index contributed by atoms with van der Waals surface area (Å²) >= 11 is 6.22. The van der Waals surface area contributed by atoms with E-state index in [9.17, 15) is 4.79 Å². The molecule has 118 valence electrons. The maximum atomic E-state index is 11.6. The fourth-order valence-electron chi connectivity index (χ4n) is 2.56. The van der Waals surface area contributed by atoms with Crippen molar-refractivity contribution in [2.75, 3.05) is 10.6 Å². The highest BCUT2D eigenvalue weighted by Crippen LogP contribution is 2.29. The summed E-state index contributed by atoms with van der Waals surface area (Å²) in [7, 11) is 0. The molecule has 0 aliphatic carbocycles. The fraction of sp³-hybridized carbons (Fsp3) is 0.176. The lowest BCUT2D eigenvalue weighted by atomic mass is 10.1. The molecule has 3 rings (SSSR count). The minimum Gasteiger partial charge on any atom is -0.399 e. The third-order valence-corrected chi connectivity index (χ3v) is 4.17. The Morgan fingerprint density at radius 3 is 2.78 bits per heavy atom. The number of benzene rings is 2. The van der Waals surface area contributed by atoms with Gasteiger partial charge in [0.25, 0.3) is 0 Å². The molecule has 0 aromatic heterocycles. The summed E-state index contributed by atoms with van der Waals surface area (Å²) in [6.07, 6.45) is 1.97. The number of halogens is 1. The zero-order valence-corrected chi connectivity index (χ0v) is 13.4. The van der Waals surface area contributed by atoms with Gasteiger partial charge in [-0.25, -0.2) is 0 Å². The maximum Gasteiger partial charge on any atom is 0.180 e. The molecule has 0 saturated carbocycles. The number of nitrogens with zero attached hydrogens (tertiary/aromatic N) is 3. The summed E-state index contributed by atoms with van der Waals surface area (Å²) in [5.74, 6) is 0. The van der Waals surface area contributed by atoms with Crippen LogP contribution in [-0.2, 0) is 11.3 Å². The molecule has 1 heterocycles. The number of para-hydroxylation sites is 1. The number of hydrogen-bond acceptors (Lipinski definition) is 5. The Morgan fingerprint density at radius 2 is 2.09 bits per heavy atom. The van der Waals surface area contributed by atoms with Gasteiger partial charge in [0, 0.05) is 5.69 Å². The van der Waals surface area contributed by atoms with Crippen molar-refractivity contribution in [1.29, 1.82) is 0 Å². The molecule has 1 aliphatic rings. The monoisotopic (exact) mass is 328 g/mol. The van der Waals surface area contributed by atoms with E-state index in [2.05, 4.69) is 5.10 Å². The van der Waals surface area contributed by atoms with Gasteiger partial charge in [-0.05, 0) is 36.2 Å². The molecule has 0 radical (unpaired) electrons. The number of nitrogen functional groups attached to an aromatic ring is 1. The first-order valence-corrected chi connectivity index (χ1v) is 7.62. The van der Waals surface area contributed by atoms with Crippen LogP contribution in [-0.4, -0.2) is 23.8 Å². The Morgan fingerprint density at radius 1 is 1.30 bits per heavy atom. The average molecular weight is 329 g/mol. The Bertz CT molecular complexity index is 762. The van der Waals surface area contributed by atoms with Gasteiger partial charge >= 0.3 is 0 Å². The van der Waals surface area contributed by atoms with Crippen molar-refractivity contribution in [2.24, 2.45) is 5.10 Å². The summed E-state index contributed by atoms with van der Waals surface area (Å²) in [5, 5.41) is 6.65. The SMILES string of the molecule is Cc1cc(CN2N=CN(c3ccccc3Cl)C2C=O)ccc1N. The van der Waals surface area contributed by atoms with E-state index < -0.39 is 6.17 Å². The Kier molecular flexibility index (Phi) is 4.21. The lowest BCUT2D eigenvalue weighted by Crippen LogP contribution is -2.40. The van der Waals surface area contributed by atoms with Crippen LogP contribution < -0.4 is 10.6 Å². The predicted molar refractivity (Wildman–Crippen MR) is 93.4 cm³/mol. The number of anilines is 2. The zero-order valence-electron chi connectivity index (χ0n) is 12.7. The van der Waals surface area contributed by atoms with Crippen molar-refractivity contribution < 1.29 is 4.79 Å². The molecule has 0 spiro atoms. The highest BCUT2D eigenvalue weighted by Gasteiger charge is 2.29. The largest absolute Gasteiger partial charge is 0.399 e. The van der Waals surface area contributed by atoms with Gasteiger partial charge in [0.05, 0.1) is 17.3 Å². The quantitative estimate of drug-likeness (QED) is 0.692. The first-order valence-electron chi connectivity index (χ1n) is 7.24. The van der Waals surface area contributed by atoms with Crippen molar-refractivity contribution in [3.05, 3.63) is 58.6 Å². The number of carbonyl (C=O) groups excluding carboxylic acids is 1. The second-order valence-corrected chi connectivity index (χ2v) is 5.84. The van der Waals surface area contributed by atoms with Gasteiger partial charge in [-0.1, -0.05) is 35.9 Å². The summed E-state index contributed by atoms with van der Waals surface area (Å²) in [6, 6.07) is 13.2. The smallest absolute Gasteiger partial charge is 0.180 e. The van der Waals surface area contributed by atoms with Gasteiger partial charge < -0.3 is 10.6 Å². The van der Waals surface area contributed by atoms with Crippen LogP contribution in [0, 0.1) is 6.92 Å². The van der Waals surface area contributed by atoms with Crippen molar-refractivity contribution in [2.45, 2.75) is 19.6 Å². The van der Waals surface area contributed by atoms with Crippen LogP contribution >= 0.6 is 11.6 Å². The molecule has 1 atom stereocenters. The van der Waals surface area contributed by atoms with E-state index in [1.807, 2.05) is 43.3 Å². The maximum absolute atomic E-state index is 11.6. The standard InChI is InChI=1S/C17H17ClN4O/c1-12-8-13(6-7-15(12)19)9-22-17(10-23)21(11-20-22)16-5-3-2-4-14(16)18/h2-8,10-11,17H,9,19H2,1H3. The number of hydrazone groups is 1. The number of rotatable bonds is 4. The summed E-state index contributed by atoms with van der Waals surface area (Å²) in [4.78, 5) is 13.4. The van der Waals surface area contributed by atoms with E-state index in [-0.39, 0.29) is 0 Å². The highest BCUT2D eigenvalue weighted by molar-refractivity contribution is 6.33. The molecule has 0 fully saturated rings. The number of aldehydes is 1. The molecule has 2 N–H and O–H groups in total. The molecule has 23 heavy (non-hydrogen) atoms. The number of carbonyl (C=O) groups is 1. The number of nitrogens with two attached hydrogens (primary N) is 1. The summed E-state index contributed by atoms with van der Waals surface area (Å²) < 4.78 is 0. The molecule has 0 amide bonds. The third-order valence-electron chi connectivity index (χ3n) is 3.85. The first kappa shape index (κ1) is 15.4. The molecule has 6 heteroatoms. The zero-order chi connectivity index (χ0) is 16.4. The molecule has 5 nitrogen and oxygen atoms in total. The van der Waals surface area contributed by atoms with E-state index in [1.54, 1.807) is 22.3 Å². The van der Waals surface area contributed by atoms with Crippen molar-refractivity contribution in [3.63, 3.8) is 0 Å². The van der Waals surface area contributed by atoms with Crippen LogP contribution in [0.2, 0.25) is 5.02 Å². The summed E-state index contributed by atoms with van der Waals surface area (Å²) in [5.41, 5.74) is 9.41. The minimum atomic E-state index is -0.521. The van der Waals surface area contributed by atoms with Gasteiger partial charge in [-0.3, -0.25) is 9.80 Å². The number of hydrogen-bond donors (Lipinski definition) is 1. The Labute approximate surface area is 139 Å². The van der Waals surface area contributed by atoms with Crippen LogP contribution in [0.3, 0.4) is 0 Å². The molecule has 1 aliphatic heterocycles. The molecular formula is C17H17ClN4O. The molecule has 2 aromatic rings. The van der Waals surface area contributed by atoms with Gasteiger partial charge in [0.15, 0.2) is 12.5 Å². The topological polar surface area (TPSA) is 61.9 Å². The van der Waals surface area contributed by atoms with Crippen LogP contribution in [0.5, 0.6) is 0 Å². The van der Waals surface area contributed by atoms with Gasteiger partial charge in [-0.2, -0.15) is 5.10 Å². The molecule has 1 unspecified atom stereocenters. The van der Waals surface area contributed by atoms with Crippen LogP contribution in [0.4, 0.5) is 11.4 Å². The van der Waals surface area contributed by atoms with Crippen LogP contribution in [0.25, 0.3) is 0 Å².